The van der Waals surface area contributed by atoms with E-state index >= 15 is 0 Å². The van der Waals surface area contributed by atoms with Crippen LogP contribution in [0.25, 0.3) is 16.9 Å². The van der Waals surface area contributed by atoms with Crippen LogP contribution in [0.5, 0.6) is 0 Å². The number of thiophene rings is 1. The molecule has 1 amide bonds. The molecule has 1 N–H and O–H groups in total. The average molecular weight is 388 g/mol. The minimum Gasteiger partial charge on any atom is -0.345 e. The summed E-state index contributed by atoms with van der Waals surface area (Å²) < 4.78 is 14.8. The van der Waals surface area contributed by atoms with Gasteiger partial charge in [-0.1, -0.05) is 11.6 Å². The van der Waals surface area contributed by atoms with Gasteiger partial charge >= 0.3 is 0 Å². The van der Waals surface area contributed by atoms with Crippen LogP contribution in [0, 0.1) is 5.82 Å². The lowest BCUT2D eigenvalue weighted by atomic mass is 10.2. The first-order chi connectivity index (χ1) is 12.6. The van der Waals surface area contributed by atoms with Crippen LogP contribution in [0.2, 0.25) is 5.02 Å². The van der Waals surface area contributed by atoms with Crippen molar-refractivity contribution in [2.75, 3.05) is 0 Å². The van der Waals surface area contributed by atoms with Crippen molar-refractivity contribution >= 4 is 34.5 Å². The maximum atomic E-state index is 13.2. The van der Waals surface area contributed by atoms with Crippen LogP contribution >= 0.6 is 22.9 Å². The fourth-order valence-electron chi connectivity index (χ4n) is 2.41. The number of carbonyl (C=O) groups excluding carboxylic acids is 1. The number of aromatic nitrogens is 4. The molecule has 0 radical (unpaired) electrons. The number of hydrogen-bond donors (Lipinski definition) is 1. The number of benzene rings is 1. The Labute approximate surface area is 156 Å². The lowest BCUT2D eigenvalue weighted by Crippen LogP contribution is -2.24. The van der Waals surface area contributed by atoms with E-state index in [0.717, 1.165) is 17.3 Å². The highest BCUT2D eigenvalue weighted by molar-refractivity contribution is 7.08. The Bertz CT molecular complexity index is 1100. The molecule has 1 aromatic carbocycles. The van der Waals surface area contributed by atoms with Crippen LogP contribution in [0.1, 0.15) is 16.2 Å². The summed E-state index contributed by atoms with van der Waals surface area (Å²) in [6.45, 7) is 0.120. The molecule has 4 aromatic rings. The predicted octanol–water partition coefficient (Wildman–Crippen LogP) is 3.58. The number of halogens is 2. The van der Waals surface area contributed by atoms with Crippen molar-refractivity contribution in [1.29, 1.82) is 0 Å². The van der Waals surface area contributed by atoms with E-state index in [-0.39, 0.29) is 17.1 Å². The van der Waals surface area contributed by atoms with Crippen molar-refractivity contribution < 1.29 is 9.18 Å². The molecule has 0 fully saturated rings. The topological polar surface area (TPSA) is 72.2 Å². The molecule has 0 spiro atoms. The molecular weight excluding hydrogens is 377 g/mol. The fourth-order valence-corrected chi connectivity index (χ4v) is 3.24. The number of hydrogen-bond acceptors (Lipinski definition) is 5. The summed E-state index contributed by atoms with van der Waals surface area (Å²) in [6.07, 6.45) is 0. The molecular formula is C17H11ClFN5OS. The summed E-state index contributed by atoms with van der Waals surface area (Å²) in [5.41, 5.74) is 2.63. The molecule has 0 saturated heterocycles. The fraction of sp³-hybridized carbons (Fsp3) is 0.0588. The lowest BCUT2D eigenvalue weighted by Gasteiger charge is -2.05. The van der Waals surface area contributed by atoms with Crippen molar-refractivity contribution in [3.8, 4) is 11.3 Å². The second kappa shape index (κ2) is 6.81. The minimum atomic E-state index is -0.572. The van der Waals surface area contributed by atoms with Gasteiger partial charge in [0.1, 0.15) is 5.82 Å². The Morgan fingerprint density at radius 3 is 2.88 bits per heavy atom. The number of amides is 1. The van der Waals surface area contributed by atoms with Gasteiger partial charge in [-0.2, -0.15) is 21.0 Å². The predicted molar refractivity (Wildman–Crippen MR) is 96.7 cm³/mol. The van der Waals surface area contributed by atoms with Crippen LogP contribution in [0.15, 0.2) is 47.2 Å². The highest BCUT2D eigenvalue weighted by Crippen LogP contribution is 2.20. The smallest absolute Gasteiger partial charge is 0.251 e. The monoisotopic (exact) mass is 387 g/mol. The van der Waals surface area contributed by atoms with Gasteiger partial charge in [0.2, 0.25) is 0 Å². The van der Waals surface area contributed by atoms with E-state index in [0.29, 0.717) is 11.5 Å². The number of rotatable bonds is 4. The van der Waals surface area contributed by atoms with Crippen LogP contribution in [0.3, 0.4) is 0 Å². The molecule has 3 heterocycles. The SMILES string of the molecule is O=C(NCc1nnc2ccc(-c3ccsc3)nn12)c1ccc(F)c(Cl)c1. The van der Waals surface area contributed by atoms with Gasteiger partial charge in [-0.15, -0.1) is 10.2 Å². The first kappa shape index (κ1) is 16.6. The summed E-state index contributed by atoms with van der Waals surface area (Å²) in [5, 5.41) is 19.2. The summed E-state index contributed by atoms with van der Waals surface area (Å²) in [7, 11) is 0. The summed E-state index contributed by atoms with van der Waals surface area (Å²) in [6, 6.07) is 9.46. The zero-order chi connectivity index (χ0) is 18.1. The van der Waals surface area contributed by atoms with Crippen LogP contribution in [-0.2, 0) is 6.54 Å². The quantitative estimate of drug-likeness (QED) is 0.581. The number of nitrogens with one attached hydrogen (secondary N) is 1. The summed E-state index contributed by atoms with van der Waals surface area (Å²) in [5.74, 6) is -0.479. The Kier molecular flexibility index (Phi) is 4.36. The van der Waals surface area contributed by atoms with Gasteiger partial charge in [-0.05, 0) is 41.8 Å². The van der Waals surface area contributed by atoms with E-state index in [2.05, 4.69) is 20.6 Å². The Hall–Kier alpha value is -2.84. The van der Waals surface area contributed by atoms with E-state index in [4.69, 9.17) is 11.6 Å². The molecule has 0 aliphatic rings. The third-order valence-electron chi connectivity index (χ3n) is 3.73. The van der Waals surface area contributed by atoms with Crippen molar-refractivity contribution in [3.63, 3.8) is 0 Å². The van der Waals surface area contributed by atoms with Gasteiger partial charge in [0, 0.05) is 16.5 Å². The van der Waals surface area contributed by atoms with E-state index in [9.17, 15) is 9.18 Å². The molecule has 9 heteroatoms. The third kappa shape index (κ3) is 3.16. The second-order valence-electron chi connectivity index (χ2n) is 5.43. The highest BCUT2D eigenvalue weighted by atomic mass is 35.5. The number of carbonyl (C=O) groups is 1. The van der Waals surface area contributed by atoms with Crippen molar-refractivity contribution in [1.82, 2.24) is 25.1 Å². The van der Waals surface area contributed by atoms with Crippen molar-refractivity contribution in [2.24, 2.45) is 0 Å². The van der Waals surface area contributed by atoms with Crippen LogP contribution < -0.4 is 5.32 Å². The summed E-state index contributed by atoms with van der Waals surface area (Å²) >= 11 is 7.30. The van der Waals surface area contributed by atoms with Gasteiger partial charge < -0.3 is 5.32 Å². The van der Waals surface area contributed by atoms with Crippen LogP contribution in [0.4, 0.5) is 4.39 Å². The summed E-state index contributed by atoms with van der Waals surface area (Å²) in [4.78, 5) is 12.2. The van der Waals surface area contributed by atoms with Gasteiger partial charge in [-0.25, -0.2) is 4.39 Å². The first-order valence-electron chi connectivity index (χ1n) is 7.59. The standard InChI is InChI=1S/C17H11ClFN5OS/c18-12-7-10(1-2-13(12)19)17(25)20-8-16-22-21-15-4-3-14(23-24(15)16)11-5-6-26-9-11/h1-7,9H,8H2,(H,20,25). The Morgan fingerprint density at radius 1 is 1.23 bits per heavy atom. The molecule has 0 saturated carbocycles. The largest absolute Gasteiger partial charge is 0.345 e. The lowest BCUT2D eigenvalue weighted by molar-refractivity contribution is 0.0949. The molecule has 0 bridgehead atoms. The second-order valence-corrected chi connectivity index (χ2v) is 6.62. The number of fused-ring (bicyclic) bond motifs is 1. The van der Waals surface area contributed by atoms with Gasteiger partial charge in [-0.3, -0.25) is 4.79 Å². The van der Waals surface area contributed by atoms with Crippen molar-refractivity contribution in [2.45, 2.75) is 6.54 Å². The molecule has 6 nitrogen and oxygen atoms in total. The number of nitrogens with zero attached hydrogens (tertiary/aromatic N) is 4. The minimum absolute atomic E-state index is 0.104. The van der Waals surface area contributed by atoms with E-state index in [1.54, 1.807) is 15.9 Å². The zero-order valence-corrected chi connectivity index (χ0v) is 14.8. The van der Waals surface area contributed by atoms with Gasteiger partial charge in [0.15, 0.2) is 11.5 Å². The van der Waals surface area contributed by atoms with Crippen molar-refractivity contribution in [3.05, 3.63) is 69.4 Å². The molecule has 0 aliphatic carbocycles. The third-order valence-corrected chi connectivity index (χ3v) is 4.71. The zero-order valence-electron chi connectivity index (χ0n) is 13.2. The average Bonchev–Trinajstić information content (AvgIpc) is 3.31. The normalized spacial score (nSPS) is 11.0. The van der Waals surface area contributed by atoms with Crippen LogP contribution in [-0.4, -0.2) is 25.7 Å². The molecule has 0 aliphatic heterocycles. The maximum absolute atomic E-state index is 13.2. The molecule has 26 heavy (non-hydrogen) atoms. The maximum Gasteiger partial charge on any atom is 0.251 e. The molecule has 3 aromatic heterocycles. The molecule has 4 rings (SSSR count). The van der Waals surface area contributed by atoms with E-state index in [1.807, 2.05) is 29.0 Å². The van der Waals surface area contributed by atoms with Gasteiger partial charge in [0.05, 0.1) is 17.3 Å². The Balaban J connectivity index is 1.56. The molecule has 0 atom stereocenters. The molecule has 0 unspecified atom stereocenters. The molecule has 130 valence electrons. The first-order valence-corrected chi connectivity index (χ1v) is 8.91. The highest BCUT2D eigenvalue weighted by Gasteiger charge is 2.12. The Morgan fingerprint density at radius 2 is 2.12 bits per heavy atom. The van der Waals surface area contributed by atoms with Gasteiger partial charge in [0.25, 0.3) is 5.91 Å². The van der Waals surface area contributed by atoms with E-state index < -0.39 is 11.7 Å². The van der Waals surface area contributed by atoms with E-state index in [1.165, 1.54) is 12.1 Å².